The van der Waals surface area contributed by atoms with Crippen LogP contribution in [-0.4, -0.2) is 47.9 Å². The third-order valence-corrected chi connectivity index (χ3v) is 3.52. The third kappa shape index (κ3) is 7.65. The molecule has 0 atom stereocenters. The first kappa shape index (κ1) is 19.0. The van der Waals surface area contributed by atoms with E-state index in [2.05, 4.69) is 5.32 Å². The van der Waals surface area contributed by atoms with Gasteiger partial charge in [0.25, 0.3) is 5.91 Å². The summed E-state index contributed by atoms with van der Waals surface area (Å²) >= 11 is 5.75. The summed E-state index contributed by atoms with van der Waals surface area (Å²) in [6.07, 6.45) is 1.32. The first-order valence-electron chi connectivity index (χ1n) is 7.39. The molecule has 2 amide bonds. The van der Waals surface area contributed by atoms with Gasteiger partial charge in [0.05, 0.1) is 0 Å². The number of carbonyl (C=O) groups excluding carboxylic acids is 2. The molecule has 0 fully saturated rings. The number of halogens is 1. The van der Waals surface area contributed by atoms with Crippen LogP contribution < -0.4 is 5.32 Å². The molecule has 0 saturated heterocycles. The fraction of sp³-hybridized carbons (Fsp3) is 0.438. The number of carboxylic acids is 1. The molecule has 1 rings (SSSR count). The van der Waals surface area contributed by atoms with Gasteiger partial charge in [-0.05, 0) is 37.1 Å². The fourth-order valence-corrected chi connectivity index (χ4v) is 2.05. The zero-order valence-corrected chi connectivity index (χ0v) is 13.8. The van der Waals surface area contributed by atoms with Gasteiger partial charge in [0.15, 0.2) is 0 Å². The van der Waals surface area contributed by atoms with Crippen molar-refractivity contribution < 1.29 is 19.5 Å². The summed E-state index contributed by atoms with van der Waals surface area (Å²) in [6, 6.07) is 6.57. The topological polar surface area (TPSA) is 86.7 Å². The zero-order valence-electron chi connectivity index (χ0n) is 13.0. The summed E-state index contributed by atoms with van der Waals surface area (Å²) in [5, 5.41) is 11.9. The molecule has 23 heavy (non-hydrogen) atoms. The highest BCUT2D eigenvalue weighted by molar-refractivity contribution is 6.30. The number of rotatable bonds is 9. The smallest absolute Gasteiger partial charge is 0.303 e. The van der Waals surface area contributed by atoms with Crippen molar-refractivity contribution in [2.45, 2.75) is 25.7 Å². The second-order valence-corrected chi connectivity index (χ2v) is 5.62. The molecule has 0 unspecified atom stereocenters. The van der Waals surface area contributed by atoms with Crippen LogP contribution in [-0.2, 0) is 9.59 Å². The summed E-state index contributed by atoms with van der Waals surface area (Å²) < 4.78 is 0. The summed E-state index contributed by atoms with van der Waals surface area (Å²) in [5.41, 5.74) is 0.520. The van der Waals surface area contributed by atoms with E-state index in [1.165, 1.54) is 4.90 Å². The molecule has 0 spiro atoms. The number of hydrogen-bond donors (Lipinski definition) is 2. The Balaban J connectivity index is 2.20. The Morgan fingerprint density at radius 3 is 2.39 bits per heavy atom. The summed E-state index contributed by atoms with van der Waals surface area (Å²) in [7, 11) is 1.65. The molecular formula is C16H21ClN2O4. The minimum absolute atomic E-state index is 0.0504. The van der Waals surface area contributed by atoms with Crippen molar-refractivity contribution in [3.05, 3.63) is 34.9 Å². The van der Waals surface area contributed by atoms with E-state index in [1.54, 1.807) is 31.3 Å². The number of carboxylic acid groups (broad SMARTS) is 1. The highest BCUT2D eigenvalue weighted by Gasteiger charge is 2.10. The zero-order chi connectivity index (χ0) is 17.2. The lowest BCUT2D eigenvalue weighted by molar-refractivity contribution is -0.138. The number of nitrogens with one attached hydrogen (secondary N) is 1. The van der Waals surface area contributed by atoms with E-state index in [9.17, 15) is 14.4 Å². The second-order valence-electron chi connectivity index (χ2n) is 5.18. The van der Waals surface area contributed by atoms with Crippen LogP contribution in [0.1, 0.15) is 36.0 Å². The normalized spacial score (nSPS) is 10.2. The first-order valence-corrected chi connectivity index (χ1v) is 7.77. The van der Waals surface area contributed by atoms with Gasteiger partial charge >= 0.3 is 5.97 Å². The van der Waals surface area contributed by atoms with Crippen LogP contribution in [0, 0.1) is 0 Å². The molecule has 0 aliphatic heterocycles. The number of hydrogen-bond acceptors (Lipinski definition) is 3. The molecule has 1 aromatic rings. The van der Waals surface area contributed by atoms with Crippen LogP contribution in [0.3, 0.4) is 0 Å². The van der Waals surface area contributed by atoms with Crippen LogP contribution in [0.5, 0.6) is 0 Å². The molecular weight excluding hydrogens is 320 g/mol. The quantitative estimate of drug-likeness (QED) is 0.674. The fourth-order valence-electron chi connectivity index (χ4n) is 1.93. The Labute approximate surface area is 140 Å². The maximum absolute atomic E-state index is 11.8. The van der Waals surface area contributed by atoms with Crippen LogP contribution >= 0.6 is 11.6 Å². The Morgan fingerprint density at radius 2 is 1.78 bits per heavy atom. The van der Waals surface area contributed by atoms with Crippen molar-refractivity contribution in [2.24, 2.45) is 0 Å². The number of nitrogens with zero attached hydrogens (tertiary/aromatic N) is 1. The number of benzene rings is 1. The Kier molecular flexibility index (Phi) is 8.11. The number of carbonyl (C=O) groups is 3. The van der Waals surface area contributed by atoms with Gasteiger partial charge in [0.2, 0.25) is 5.91 Å². The predicted molar refractivity (Wildman–Crippen MR) is 87.5 cm³/mol. The second kappa shape index (κ2) is 9.84. The summed E-state index contributed by atoms with van der Waals surface area (Å²) in [4.78, 5) is 35.6. The van der Waals surface area contributed by atoms with E-state index in [-0.39, 0.29) is 18.2 Å². The molecule has 0 aromatic heterocycles. The van der Waals surface area contributed by atoms with Gasteiger partial charge in [-0.1, -0.05) is 11.6 Å². The van der Waals surface area contributed by atoms with Crippen molar-refractivity contribution >= 4 is 29.4 Å². The Morgan fingerprint density at radius 1 is 1.13 bits per heavy atom. The van der Waals surface area contributed by atoms with Gasteiger partial charge in [-0.3, -0.25) is 14.4 Å². The monoisotopic (exact) mass is 340 g/mol. The molecule has 0 bridgehead atoms. The molecule has 2 N–H and O–H groups in total. The van der Waals surface area contributed by atoms with Crippen molar-refractivity contribution in [3.8, 4) is 0 Å². The van der Waals surface area contributed by atoms with Crippen LogP contribution in [0.4, 0.5) is 0 Å². The Hall–Kier alpha value is -2.08. The summed E-state index contributed by atoms with van der Waals surface area (Å²) in [6.45, 7) is 0.818. The maximum atomic E-state index is 11.8. The molecule has 0 aliphatic carbocycles. The van der Waals surface area contributed by atoms with Gasteiger partial charge in [-0.2, -0.15) is 0 Å². The van der Waals surface area contributed by atoms with Gasteiger partial charge in [0, 0.05) is 43.6 Å². The van der Waals surface area contributed by atoms with Crippen molar-refractivity contribution in [1.82, 2.24) is 10.2 Å². The van der Waals surface area contributed by atoms with Gasteiger partial charge in [0.1, 0.15) is 0 Å². The molecule has 7 heteroatoms. The average Bonchev–Trinajstić information content (AvgIpc) is 2.51. The lowest BCUT2D eigenvalue weighted by Gasteiger charge is -2.16. The summed E-state index contributed by atoms with van der Waals surface area (Å²) in [5.74, 6) is -1.13. The third-order valence-electron chi connectivity index (χ3n) is 3.27. The average molecular weight is 341 g/mol. The van der Waals surface area contributed by atoms with E-state index >= 15 is 0 Å². The minimum Gasteiger partial charge on any atom is -0.481 e. The first-order chi connectivity index (χ1) is 10.9. The highest BCUT2D eigenvalue weighted by Crippen LogP contribution is 2.09. The molecule has 6 nitrogen and oxygen atoms in total. The molecule has 1 aromatic carbocycles. The van der Waals surface area contributed by atoms with E-state index in [4.69, 9.17) is 16.7 Å². The Bertz CT molecular complexity index is 546. The van der Waals surface area contributed by atoms with E-state index < -0.39 is 5.97 Å². The van der Waals surface area contributed by atoms with Crippen molar-refractivity contribution in [2.75, 3.05) is 20.1 Å². The van der Waals surface area contributed by atoms with Gasteiger partial charge in [-0.25, -0.2) is 0 Å². The largest absolute Gasteiger partial charge is 0.481 e. The maximum Gasteiger partial charge on any atom is 0.303 e. The van der Waals surface area contributed by atoms with Crippen molar-refractivity contribution in [1.29, 1.82) is 0 Å². The van der Waals surface area contributed by atoms with Gasteiger partial charge < -0.3 is 15.3 Å². The SMILES string of the molecule is CN(CCCC(=O)O)C(=O)CCCNC(=O)c1ccc(Cl)cc1. The van der Waals surface area contributed by atoms with Crippen molar-refractivity contribution in [3.63, 3.8) is 0 Å². The number of aliphatic carboxylic acids is 1. The lowest BCUT2D eigenvalue weighted by atomic mass is 10.2. The molecule has 0 radical (unpaired) electrons. The molecule has 0 saturated carbocycles. The standard InChI is InChI=1S/C16H21ClN2O4/c1-19(11-3-5-15(21)22)14(20)4-2-10-18-16(23)12-6-8-13(17)9-7-12/h6-9H,2-5,10-11H2,1H3,(H,18,23)(H,21,22). The van der Waals surface area contributed by atoms with Gasteiger partial charge in [-0.15, -0.1) is 0 Å². The van der Waals surface area contributed by atoms with Crippen LogP contribution in [0.2, 0.25) is 5.02 Å². The van der Waals surface area contributed by atoms with Crippen LogP contribution in [0.25, 0.3) is 0 Å². The van der Waals surface area contributed by atoms with E-state index in [0.717, 1.165) is 0 Å². The van der Waals surface area contributed by atoms with E-state index in [0.29, 0.717) is 42.9 Å². The molecule has 0 aliphatic rings. The van der Waals surface area contributed by atoms with Crippen LogP contribution in [0.15, 0.2) is 24.3 Å². The minimum atomic E-state index is -0.865. The lowest BCUT2D eigenvalue weighted by Crippen LogP contribution is -2.30. The molecule has 0 heterocycles. The van der Waals surface area contributed by atoms with E-state index in [1.807, 2.05) is 0 Å². The predicted octanol–water partition coefficient (Wildman–Crippen LogP) is 2.17. The highest BCUT2D eigenvalue weighted by atomic mass is 35.5. The molecule has 126 valence electrons. The number of amides is 2.